The number of fused-ring (bicyclic) bond motifs is 1. The highest BCUT2D eigenvalue weighted by Crippen LogP contribution is 1.96. The van der Waals surface area contributed by atoms with Crippen molar-refractivity contribution in [1.29, 1.82) is 0 Å². The first-order chi connectivity index (χ1) is 7.18. The summed E-state index contributed by atoms with van der Waals surface area (Å²) in [5.74, 6) is -1.11. The van der Waals surface area contributed by atoms with Crippen molar-refractivity contribution in [3.63, 3.8) is 0 Å². The lowest BCUT2D eigenvalue weighted by Crippen LogP contribution is -2.25. The van der Waals surface area contributed by atoms with E-state index >= 15 is 0 Å². The fourth-order valence-electron chi connectivity index (χ4n) is 1.15. The van der Waals surface area contributed by atoms with Gasteiger partial charge in [0, 0.05) is 12.4 Å². The van der Waals surface area contributed by atoms with E-state index in [1.807, 2.05) is 0 Å². The molecule has 2 rings (SSSR count). The van der Waals surface area contributed by atoms with Crippen LogP contribution in [0.4, 0.5) is 0 Å². The van der Waals surface area contributed by atoms with Crippen LogP contribution in [0.15, 0.2) is 23.5 Å². The Morgan fingerprint density at radius 1 is 1.33 bits per heavy atom. The van der Waals surface area contributed by atoms with Gasteiger partial charge in [0.2, 0.25) is 0 Å². The summed E-state index contributed by atoms with van der Waals surface area (Å²) in [5, 5.41) is 8.54. The number of aliphatic carboxylic acids is 1. The van der Waals surface area contributed by atoms with Crippen molar-refractivity contribution in [3.8, 4) is 0 Å². The average molecular weight is 206 g/mol. The molecule has 2 aromatic rings. The number of carboxylic acids is 1. The molecule has 0 aliphatic heterocycles. The lowest BCUT2D eigenvalue weighted by molar-refractivity contribution is -0.137. The summed E-state index contributed by atoms with van der Waals surface area (Å²) in [4.78, 5) is 33.5. The van der Waals surface area contributed by atoms with Crippen LogP contribution in [0, 0.1) is 0 Å². The molecule has 2 heterocycles. The Balaban J connectivity index is 2.65. The first kappa shape index (κ1) is 9.25. The second kappa shape index (κ2) is 3.45. The summed E-state index contributed by atoms with van der Waals surface area (Å²) in [7, 11) is 0. The average Bonchev–Trinajstić information content (AvgIpc) is 2.22. The number of aromatic nitrogens is 4. The van der Waals surface area contributed by atoms with Gasteiger partial charge in [-0.2, -0.15) is 0 Å². The third-order valence-electron chi connectivity index (χ3n) is 1.77. The molecule has 76 valence electrons. The van der Waals surface area contributed by atoms with E-state index in [0.29, 0.717) is 0 Å². The molecule has 0 spiro atoms. The SMILES string of the molecule is O=C(O)Cn1cnc2nccnc2c1=O. The molecule has 0 saturated heterocycles. The molecule has 0 amide bonds. The third kappa shape index (κ3) is 1.66. The quantitative estimate of drug-likeness (QED) is 0.695. The molecule has 0 radical (unpaired) electrons. The van der Waals surface area contributed by atoms with Gasteiger partial charge in [0.25, 0.3) is 5.56 Å². The van der Waals surface area contributed by atoms with E-state index in [4.69, 9.17) is 5.11 Å². The molecule has 2 aromatic heterocycles. The molecule has 7 nitrogen and oxygen atoms in total. The van der Waals surface area contributed by atoms with Crippen LogP contribution in [0.25, 0.3) is 11.2 Å². The smallest absolute Gasteiger partial charge is 0.323 e. The van der Waals surface area contributed by atoms with Gasteiger partial charge in [-0.05, 0) is 0 Å². The van der Waals surface area contributed by atoms with Crippen LogP contribution >= 0.6 is 0 Å². The van der Waals surface area contributed by atoms with Crippen LogP contribution in [-0.2, 0) is 11.3 Å². The summed E-state index contributed by atoms with van der Waals surface area (Å²) in [5.41, 5.74) is -0.221. The lowest BCUT2D eigenvalue weighted by Gasteiger charge is -2.01. The van der Waals surface area contributed by atoms with Crippen molar-refractivity contribution in [2.24, 2.45) is 0 Å². The predicted molar refractivity (Wildman–Crippen MR) is 49.2 cm³/mol. The largest absolute Gasteiger partial charge is 0.480 e. The molecule has 0 aromatic carbocycles. The first-order valence-electron chi connectivity index (χ1n) is 4.06. The van der Waals surface area contributed by atoms with E-state index in [2.05, 4.69) is 15.0 Å². The number of hydrogen-bond acceptors (Lipinski definition) is 5. The maximum absolute atomic E-state index is 11.6. The zero-order chi connectivity index (χ0) is 10.8. The van der Waals surface area contributed by atoms with Gasteiger partial charge in [0.1, 0.15) is 12.9 Å². The van der Waals surface area contributed by atoms with Gasteiger partial charge in [-0.15, -0.1) is 0 Å². The molecule has 0 unspecified atom stereocenters. The fraction of sp³-hybridized carbons (Fsp3) is 0.125. The molecular formula is C8H6N4O3. The van der Waals surface area contributed by atoms with Gasteiger partial charge < -0.3 is 5.11 Å². The highest BCUT2D eigenvalue weighted by Gasteiger charge is 2.07. The monoisotopic (exact) mass is 206 g/mol. The minimum Gasteiger partial charge on any atom is -0.480 e. The summed E-state index contributed by atoms with van der Waals surface area (Å²) in [6.07, 6.45) is 3.92. The van der Waals surface area contributed by atoms with Gasteiger partial charge in [-0.1, -0.05) is 0 Å². The third-order valence-corrected chi connectivity index (χ3v) is 1.77. The normalized spacial score (nSPS) is 10.4. The molecule has 0 aliphatic carbocycles. The van der Waals surface area contributed by atoms with Crippen LogP contribution < -0.4 is 5.56 Å². The highest BCUT2D eigenvalue weighted by molar-refractivity contribution is 5.69. The summed E-state index contributed by atoms with van der Waals surface area (Å²) >= 11 is 0. The first-order valence-corrected chi connectivity index (χ1v) is 4.06. The van der Waals surface area contributed by atoms with Crippen LogP contribution in [0.1, 0.15) is 0 Å². The zero-order valence-electron chi connectivity index (χ0n) is 7.49. The number of nitrogens with zero attached hydrogens (tertiary/aromatic N) is 4. The van der Waals surface area contributed by atoms with Crippen molar-refractivity contribution < 1.29 is 9.90 Å². The van der Waals surface area contributed by atoms with Crippen LogP contribution in [-0.4, -0.2) is 30.6 Å². The van der Waals surface area contributed by atoms with Crippen LogP contribution in [0.5, 0.6) is 0 Å². The van der Waals surface area contributed by atoms with Gasteiger partial charge in [0.05, 0.1) is 0 Å². The fourth-order valence-corrected chi connectivity index (χ4v) is 1.15. The summed E-state index contributed by atoms with van der Waals surface area (Å²) < 4.78 is 0.972. The Morgan fingerprint density at radius 2 is 2.07 bits per heavy atom. The Bertz CT molecular complexity index is 577. The van der Waals surface area contributed by atoms with E-state index in [9.17, 15) is 9.59 Å². The van der Waals surface area contributed by atoms with E-state index < -0.39 is 18.1 Å². The van der Waals surface area contributed by atoms with Crippen molar-refractivity contribution in [1.82, 2.24) is 19.5 Å². The Kier molecular flexibility index (Phi) is 2.13. The highest BCUT2D eigenvalue weighted by atomic mass is 16.4. The van der Waals surface area contributed by atoms with E-state index in [1.165, 1.54) is 12.4 Å². The summed E-state index contributed by atoms with van der Waals surface area (Å²) in [6.45, 7) is -0.432. The summed E-state index contributed by atoms with van der Waals surface area (Å²) in [6, 6.07) is 0. The molecule has 1 N–H and O–H groups in total. The second-order valence-corrected chi connectivity index (χ2v) is 2.80. The van der Waals surface area contributed by atoms with E-state index in [1.54, 1.807) is 0 Å². The molecule has 0 saturated carbocycles. The van der Waals surface area contributed by atoms with Crippen molar-refractivity contribution in [3.05, 3.63) is 29.1 Å². The van der Waals surface area contributed by atoms with Crippen molar-refractivity contribution >= 4 is 17.1 Å². The molecule has 7 heteroatoms. The maximum Gasteiger partial charge on any atom is 0.323 e. The maximum atomic E-state index is 11.6. The van der Waals surface area contributed by atoms with E-state index in [0.717, 1.165) is 10.9 Å². The number of rotatable bonds is 2. The topological polar surface area (TPSA) is 98.0 Å². The minimum absolute atomic E-state index is 0.0706. The van der Waals surface area contributed by atoms with Crippen LogP contribution in [0.2, 0.25) is 0 Å². The zero-order valence-corrected chi connectivity index (χ0v) is 7.49. The Labute approximate surface area is 83.0 Å². The molecule has 0 atom stereocenters. The van der Waals surface area contributed by atoms with Crippen molar-refractivity contribution in [2.45, 2.75) is 6.54 Å². The Hall–Kier alpha value is -2.31. The number of hydrogen-bond donors (Lipinski definition) is 1. The molecular weight excluding hydrogens is 200 g/mol. The van der Waals surface area contributed by atoms with Gasteiger partial charge in [-0.25, -0.2) is 15.0 Å². The van der Waals surface area contributed by atoms with Gasteiger partial charge >= 0.3 is 5.97 Å². The predicted octanol–water partition coefficient (Wildman–Crippen LogP) is -0.729. The number of carbonyl (C=O) groups is 1. The Morgan fingerprint density at radius 3 is 2.80 bits per heavy atom. The van der Waals surface area contributed by atoms with Crippen LogP contribution in [0.3, 0.4) is 0 Å². The number of carboxylic acid groups (broad SMARTS) is 1. The molecule has 0 fully saturated rings. The molecule has 0 bridgehead atoms. The minimum atomic E-state index is -1.11. The van der Waals surface area contributed by atoms with Gasteiger partial charge in [0.15, 0.2) is 11.2 Å². The standard InChI is InChI=1S/C8H6N4O3/c13-5(14)3-12-4-11-7-6(8(12)15)9-1-2-10-7/h1-2,4H,3H2,(H,13,14). The molecule has 0 aliphatic rings. The lowest BCUT2D eigenvalue weighted by atomic mass is 10.5. The van der Waals surface area contributed by atoms with Crippen molar-refractivity contribution in [2.75, 3.05) is 0 Å². The molecule has 15 heavy (non-hydrogen) atoms. The second-order valence-electron chi connectivity index (χ2n) is 2.80. The van der Waals surface area contributed by atoms with E-state index in [-0.39, 0.29) is 11.2 Å². The van der Waals surface area contributed by atoms with Gasteiger partial charge in [-0.3, -0.25) is 14.2 Å².